The highest BCUT2D eigenvalue weighted by Gasteiger charge is 2.16. The zero-order chi connectivity index (χ0) is 20.3. The second-order valence-electron chi connectivity index (χ2n) is 7.25. The van der Waals surface area contributed by atoms with Crippen molar-refractivity contribution in [3.63, 3.8) is 0 Å². The Balaban J connectivity index is 1.54. The first kappa shape index (κ1) is 21.0. The van der Waals surface area contributed by atoms with Gasteiger partial charge in [0.25, 0.3) is 5.91 Å². The summed E-state index contributed by atoms with van der Waals surface area (Å²) in [6, 6.07) is 11.7. The van der Waals surface area contributed by atoms with E-state index < -0.39 is 0 Å². The number of hydrogen-bond donors (Lipinski definition) is 1. The fourth-order valence-corrected chi connectivity index (χ4v) is 3.37. The third-order valence-electron chi connectivity index (χ3n) is 4.99. The monoisotopic (exact) mass is 395 g/mol. The lowest BCUT2D eigenvalue weighted by Gasteiger charge is -2.03. The van der Waals surface area contributed by atoms with Crippen molar-refractivity contribution in [1.29, 1.82) is 0 Å². The van der Waals surface area contributed by atoms with Crippen molar-refractivity contribution in [1.82, 2.24) is 14.9 Å². The normalized spacial score (nSPS) is 11.1. The molecule has 0 fully saturated rings. The molecule has 0 saturated heterocycles. The van der Waals surface area contributed by atoms with Gasteiger partial charge in [-0.3, -0.25) is 9.78 Å². The van der Waals surface area contributed by atoms with E-state index in [0.29, 0.717) is 19.0 Å². The van der Waals surface area contributed by atoms with Crippen LogP contribution in [0.25, 0.3) is 11.0 Å². The first-order chi connectivity index (χ1) is 14.3. The van der Waals surface area contributed by atoms with Gasteiger partial charge in [0.1, 0.15) is 0 Å². The predicted octanol–water partition coefficient (Wildman–Crippen LogP) is 4.05. The minimum atomic E-state index is -0.137. The molecule has 6 heteroatoms. The van der Waals surface area contributed by atoms with E-state index in [0.717, 1.165) is 24.1 Å². The van der Waals surface area contributed by atoms with Gasteiger partial charge in [0.15, 0.2) is 24.4 Å². The summed E-state index contributed by atoms with van der Waals surface area (Å²) in [6.07, 6.45) is 12.8. The molecule has 154 valence electrons. The van der Waals surface area contributed by atoms with Crippen LogP contribution < -0.4 is 9.88 Å². The Kier molecular flexibility index (Phi) is 8.19. The van der Waals surface area contributed by atoms with Crippen LogP contribution in [0.1, 0.15) is 55.8 Å². The molecule has 0 aliphatic rings. The van der Waals surface area contributed by atoms with Crippen molar-refractivity contribution < 1.29 is 14.1 Å². The highest BCUT2D eigenvalue weighted by Crippen LogP contribution is 2.11. The molecule has 0 atom stereocenters. The molecule has 0 aliphatic heterocycles. The molecular weight excluding hydrogens is 364 g/mol. The highest BCUT2D eigenvalue weighted by atomic mass is 16.5. The van der Waals surface area contributed by atoms with E-state index in [1.54, 1.807) is 24.5 Å². The molecular formula is C23H31N4O2+. The van der Waals surface area contributed by atoms with Gasteiger partial charge in [-0.15, -0.1) is 0 Å². The van der Waals surface area contributed by atoms with Crippen molar-refractivity contribution >= 4 is 16.9 Å². The highest BCUT2D eigenvalue weighted by molar-refractivity contribution is 5.93. The number of amides is 1. The fraction of sp³-hybridized carbons (Fsp3) is 0.435. The smallest absolute Gasteiger partial charge is 0.255 e. The van der Waals surface area contributed by atoms with Crippen LogP contribution in [0.2, 0.25) is 0 Å². The zero-order valence-corrected chi connectivity index (χ0v) is 17.2. The average Bonchev–Trinajstić information content (AvgIpc) is 3.12. The van der Waals surface area contributed by atoms with E-state index in [1.807, 2.05) is 23.0 Å². The topological polar surface area (TPSA) is 60.0 Å². The van der Waals surface area contributed by atoms with E-state index in [2.05, 4.69) is 33.9 Å². The van der Waals surface area contributed by atoms with Crippen LogP contribution in [0.3, 0.4) is 0 Å². The number of rotatable bonds is 12. The SMILES string of the molecule is CCCCCCCCOCn1c[n+](CNC(=O)c2cccnc2)c2ccccc21. The lowest BCUT2D eigenvalue weighted by molar-refractivity contribution is -0.675. The largest absolute Gasteiger partial charge is 0.342 e. The molecule has 1 N–H and O–H groups in total. The van der Waals surface area contributed by atoms with Crippen molar-refractivity contribution in [2.24, 2.45) is 0 Å². The van der Waals surface area contributed by atoms with Gasteiger partial charge in [0.2, 0.25) is 6.33 Å². The van der Waals surface area contributed by atoms with E-state index in [-0.39, 0.29) is 5.91 Å². The summed E-state index contributed by atoms with van der Waals surface area (Å²) in [5, 5.41) is 2.95. The quantitative estimate of drug-likeness (QED) is 0.372. The zero-order valence-electron chi connectivity index (χ0n) is 17.2. The van der Waals surface area contributed by atoms with Gasteiger partial charge in [-0.05, 0) is 30.7 Å². The number of aromatic nitrogens is 3. The maximum Gasteiger partial charge on any atom is 0.255 e. The van der Waals surface area contributed by atoms with Gasteiger partial charge in [-0.2, -0.15) is 0 Å². The van der Waals surface area contributed by atoms with Crippen molar-refractivity contribution in [2.75, 3.05) is 6.61 Å². The van der Waals surface area contributed by atoms with Crippen LogP contribution in [-0.2, 0) is 18.1 Å². The number of para-hydroxylation sites is 2. The predicted molar refractivity (Wildman–Crippen MR) is 113 cm³/mol. The van der Waals surface area contributed by atoms with Gasteiger partial charge in [-0.1, -0.05) is 51.2 Å². The summed E-state index contributed by atoms with van der Waals surface area (Å²) in [5.74, 6) is -0.137. The molecule has 1 amide bonds. The van der Waals surface area contributed by atoms with Crippen LogP contribution in [0, 0.1) is 0 Å². The standard InChI is InChI=1S/C23H30N4O2/c1-2-3-4-5-6-9-15-29-19-27-18-26(21-12-7-8-13-22(21)27)17-25-23(28)20-11-10-14-24-16-20/h7-8,10-14,16,18H,2-6,9,15,17,19H2,1H3/p+1. The number of ether oxygens (including phenoxy) is 1. The van der Waals surface area contributed by atoms with E-state index >= 15 is 0 Å². The number of unbranched alkanes of at least 4 members (excludes halogenated alkanes) is 5. The molecule has 0 bridgehead atoms. The third kappa shape index (κ3) is 6.12. The summed E-state index contributed by atoms with van der Waals surface area (Å²) in [6.45, 7) is 3.91. The molecule has 0 radical (unpaired) electrons. The molecule has 3 rings (SSSR count). The Morgan fingerprint density at radius 2 is 1.93 bits per heavy atom. The van der Waals surface area contributed by atoms with Gasteiger partial charge >= 0.3 is 0 Å². The maximum absolute atomic E-state index is 12.3. The number of nitrogens with zero attached hydrogens (tertiary/aromatic N) is 3. The number of imidazole rings is 1. The van der Waals surface area contributed by atoms with E-state index in [9.17, 15) is 4.79 Å². The number of carbonyl (C=O) groups excluding carboxylic acids is 1. The fourth-order valence-electron chi connectivity index (χ4n) is 3.37. The van der Waals surface area contributed by atoms with Crippen LogP contribution in [0.4, 0.5) is 0 Å². The van der Waals surface area contributed by atoms with Crippen molar-refractivity contribution in [3.8, 4) is 0 Å². The molecule has 0 aliphatic carbocycles. The third-order valence-corrected chi connectivity index (χ3v) is 4.99. The molecule has 2 aromatic heterocycles. The second kappa shape index (κ2) is 11.3. The Labute approximate surface area is 172 Å². The lowest BCUT2D eigenvalue weighted by Crippen LogP contribution is -2.43. The minimum Gasteiger partial charge on any atom is -0.342 e. The van der Waals surface area contributed by atoms with Crippen LogP contribution in [0.15, 0.2) is 55.1 Å². The number of carbonyl (C=O) groups is 1. The molecule has 6 nitrogen and oxygen atoms in total. The van der Waals surface area contributed by atoms with Crippen LogP contribution in [-0.4, -0.2) is 22.1 Å². The molecule has 0 spiro atoms. The molecule has 2 heterocycles. The van der Waals surface area contributed by atoms with Crippen LogP contribution >= 0.6 is 0 Å². The Hall–Kier alpha value is -2.73. The number of nitrogens with one attached hydrogen (secondary N) is 1. The van der Waals surface area contributed by atoms with Gasteiger partial charge in [-0.25, -0.2) is 9.13 Å². The summed E-state index contributed by atoms with van der Waals surface area (Å²) < 4.78 is 10.0. The number of fused-ring (bicyclic) bond motifs is 1. The van der Waals surface area contributed by atoms with Crippen molar-refractivity contribution in [2.45, 2.75) is 58.8 Å². The second-order valence-corrected chi connectivity index (χ2v) is 7.25. The first-order valence-corrected chi connectivity index (χ1v) is 10.5. The van der Waals surface area contributed by atoms with Crippen LogP contribution in [0.5, 0.6) is 0 Å². The van der Waals surface area contributed by atoms with Crippen molar-refractivity contribution in [3.05, 3.63) is 60.7 Å². The average molecular weight is 396 g/mol. The Bertz CT molecular complexity index is 892. The number of hydrogen-bond acceptors (Lipinski definition) is 3. The van der Waals surface area contributed by atoms with Gasteiger partial charge in [0.05, 0.1) is 12.2 Å². The summed E-state index contributed by atoms with van der Waals surface area (Å²) >= 11 is 0. The van der Waals surface area contributed by atoms with E-state index in [1.165, 1.54) is 32.1 Å². The van der Waals surface area contributed by atoms with Gasteiger partial charge in [0, 0.05) is 12.4 Å². The molecule has 1 aromatic carbocycles. The first-order valence-electron chi connectivity index (χ1n) is 10.5. The molecule has 3 aromatic rings. The molecule has 0 unspecified atom stereocenters. The molecule has 0 saturated carbocycles. The van der Waals surface area contributed by atoms with E-state index in [4.69, 9.17) is 4.74 Å². The summed E-state index contributed by atoms with van der Waals surface area (Å²) in [7, 11) is 0. The summed E-state index contributed by atoms with van der Waals surface area (Å²) in [4.78, 5) is 16.3. The minimum absolute atomic E-state index is 0.137. The maximum atomic E-state index is 12.3. The van der Waals surface area contributed by atoms with Gasteiger partial charge < -0.3 is 10.1 Å². The number of benzene rings is 1. The Morgan fingerprint density at radius 1 is 1.10 bits per heavy atom. The Morgan fingerprint density at radius 3 is 2.76 bits per heavy atom. The lowest BCUT2D eigenvalue weighted by atomic mass is 10.1. The number of pyridine rings is 1. The summed E-state index contributed by atoms with van der Waals surface area (Å²) in [5.41, 5.74) is 2.70. The molecule has 29 heavy (non-hydrogen) atoms.